The molecule has 0 aliphatic carbocycles. The summed E-state index contributed by atoms with van der Waals surface area (Å²) in [7, 11) is 0. The van der Waals surface area contributed by atoms with Crippen LogP contribution < -0.4 is 5.73 Å². The number of anilines is 1. The second-order valence-corrected chi connectivity index (χ2v) is 4.58. The summed E-state index contributed by atoms with van der Waals surface area (Å²) in [6.45, 7) is 4.10. The monoisotopic (exact) mass is 250 g/mol. The number of nitrogens with zero attached hydrogens (tertiary/aromatic N) is 3. The van der Waals surface area contributed by atoms with Crippen LogP contribution in [0.2, 0.25) is 0 Å². The number of aromatic nitrogens is 3. The summed E-state index contributed by atoms with van der Waals surface area (Å²) in [5.74, 6) is 0.510. The van der Waals surface area contributed by atoms with Crippen molar-refractivity contribution < 1.29 is 0 Å². The molecule has 0 unspecified atom stereocenters. The van der Waals surface area contributed by atoms with E-state index in [0.717, 1.165) is 27.7 Å². The van der Waals surface area contributed by atoms with Crippen LogP contribution in [0.15, 0.2) is 36.8 Å². The highest BCUT2D eigenvalue weighted by atomic mass is 14.9. The SMILES string of the molecule is Cc1ccnc(C)c1-c1ccc2c(N)ncnc2c1. The van der Waals surface area contributed by atoms with Crippen molar-refractivity contribution >= 4 is 16.7 Å². The highest BCUT2D eigenvalue weighted by Crippen LogP contribution is 2.29. The lowest BCUT2D eigenvalue weighted by molar-refractivity contribution is 1.18. The van der Waals surface area contributed by atoms with Gasteiger partial charge in [-0.3, -0.25) is 4.98 Å². The molecule has 0 saturated heterocycles. The molecule has 0 amide bonds. The lowest BCUT2D eigenvalue weighted by Crippen LogP contribution is -1.95. The molecular formula is C15H14N4. The van der Waals surface area contributed by atoms with Crippen LogP contribution in [0.25, 0.3) is 22.0 Å². The lowest BCUT2D eigenvalue weighted by Gasteiger charge is -2.10. The standard InChI is InChI=1S/C15H14N4/c1-9-5-6-17-10(2)14(9)11-3-4-12-13(7-11)18-8-19-15(12)16/h3-8H,1-2H3,(H2,16,18,19). The maximum Gasteiger partial charge on any atom is 0.134 e. The second-order valence-electron chi connectivity index (χ2n) is 4.58. The molecule has 0 fully saturated rings. The summed E-state index contributed by atoms with van der Waals surface area (Å²) in [6.07, 6.45) is 3.32. The molecule has 2 N–H and O–H groups in total. The van der Waals surface area contributed by atoms with Crippen molar-refractivity contribution in [3.05, 3.63) is 48.0 Å². The average molecular weight is 250 g/mol. The molecule has 3 rings (SSSR count). The van der Waals surface area contributed by atoms with E-state index in [-0.39, 0.29) is 0 Å². The van der Waals surface area contributed by atoms with Gasteiger partial charge in [0.15, 0.2) is 0 Å². The van der Waals surface area contributed by atoms with Crippen molar-refractivity contribution in [1.82, 2.24) is 15.0 Å². The van der Waals surface area contributed by atoms with E-state index < -0.39 is 0 Å². The van der Waals surface area contributed by atoms with E-state index in [4.69, 9.17) is 5.73 Å². The van der Waals surface area contributed by atoms with E-state index >= 15 is 0 Å². The Hall–Kier alpha value is -2.49. The van der Waals surface area contributed by atoms with Gasteiger partial charge >= 0.3 is 0 Å². The number of benzene rings is 1. The Bertz CT molecular complexity index is 745. The minimum Gasteiger partial charge on any atom is -0.383 e. The molecule has 4 nitrogen and oxygen atoms in total. The van der Waals surface area contributed by atoms with Crippen molar-refractivity contribution in [2.24, 2.45) is 0 Å². The van der Waals surface area contributed by atoms with Crippen LogP contribution in [0.1, 0.15) is 11.3 Å². The van der Waals surface area contributed by atoms with Crippen molar-refractivity contribution in [2.75, 3.05) is 5.73 Å². The van der Waals surface area contributed by atoms with Crippen LogP contribution in [-0.2, 0) is 0 Å². The maximum absolute atomic E-state index is 5.84. The Labute approximate surface area is 111 Å². The molecule has 0 aliphatic rings. The van der Waals surface area contributed by atoms with Crippen LogP contribution >= 0.6 is 0 Å². The Morgan fingerprint density at radius 1 is 1.00 bits per heavy atom. The number of nitrogen functional groups attached to an aromatic ring is 1. The van der Waals surface area contributed by atoms with Gasteiger partial charge in [0, 0.05) is 22.8 Å². The molecule has 4 heteroatoms. The summed E-state index contributed by atoms with van der Waals surface area (Å²) in [6, 6.07) is 8.05. The predicted molar refractivity (Wildman–Crippen MR) is 76.7 cm³/mol. The first kappa shape index (κ1) is 11.6. The highest BCUT2D eigenvalue weighted by molar-refractivity contribution is 5.91. The minimum absolute atomic E-state index is 0.510. The molecule has 19 heavy (non-hydrogen) atoms. The van der Waals surface area contributed by atoms with E-state index in [2.05, 4.69) is 21.9 Å². The zero-order valence-corrected chi connectivity index (χ0v) is 10.9. The van der Waals surface area contributed by atoms with Gasteiger partial charge in [-0.25, -0.2) is 9.97 Å². The summed E-state index contributed by atoms with van der Waals surface area (Å²) >= 11 is 0. The van der Waals surface area contributed by atoms with Gasteiger partial charge in [0.05, 0.1) is 5.52 Å². The largest absolute Gasteiger partial charge is 0.383 e. The van der Waals surface area contributed by atoms with Crippen LogP contribution in [0.3, 0.4) is 0 Å². The molecule has 1 aromatic carbocycles. The molecule has 0 spiro atoms. The van der Waals surface area contributed by atoms with Gasteiger partial charge in [0.2, 0.25) is 0 Å². The minimum atomic E-state index is 0.510. The predicted octanol–water partition coefficient (Wildman–Crippen LogP) is 2.89. The highest BCUT2D eigenvalue weighted by Gasteiger charge is 2.08. The van der Waals surface area contributed by atoms with Crippen molar-refractivity contribution in [1.29, 1.82) is 0 Å². The fraction of sp³-hybridized carbons (Fsp3) is 0.133. The van der Waals surface area contributed by atoms with E-state index in [1.165, 1.54) is 11.9 Å². The van der Waals surface area contributed by atoms with Crippen LogP contribution in [0.5, 0.6) is 0 Å². The Balaban J connectivity index is 2.27. The number of rotatable bonds is 1. The van der Waals surface area contributed by atoms with E-state index in [0.29, 0.717) is 5.82 Å². The lowest BCUT2D eigenvalue weighted by atomic mass is 9.98. The smallest absolute Gasteiger partial charge is 0.134 e. The molecule has 2 heterocycles. The van der Waals surface area contributed by atoms with E-state index in [1.54, 1.807) is 0 Å². The van der Waals surface area contributed by atoms with E-state index in [9.17, 15) is 0 Å². The number of pyridine rings is 1. The third-order valence-electron chi connectivity index (χ3n) is 3.30. The molecule has 3 aromatic rings. The summed E-state index contributed by atoms with van der Waals surface area (Å²) in [5, 5.41) is 0.880. The van der Waals surface area contributed by atoms with Crippen LogP contribution in [-0.4, -0.2) is 15.0 Å². The van der Waals surface area contributed by atoms with Crippen molar-refractivity contribution in [3.8, 4) is 11.1 Å². The zero-order chi connectivity index (χ0) is 13.4. The van der Waals surface area contributed by atoms with E-state index in [1.807, 2.05) is 37.4 Å². The first-order chi connectivity index (χ1) is 9.16. The topological polar surface area (TPSA) is 64.7 Å². The van der Waals surface area contributed by atoms with Gasteiger partial charge < -0.3 is 5.73 Å². The Morgan fingerprint density at radius 2 is 1.84 bits per heavy atom. The number of nitrogens with two attached hydrogens (primary N) is 1. The first-order valence-electron chi connectivity index (χ1n) is 6.09. The molecule has 0 radical (unpaired) electrons. The first-order valence-corrected chi connectivity index (χ1v) is 6.09. The molecule has 0 saturated carbocycles. The van der Waals surface area contributed by atoms with Crippen molar-refractivity contribution in [2.45, 2.75) is 13.8 Å². The third-order valence-corrected chi connectivity index (χ3v) is 3.30. The fourth-order valence-corrected chi connectivity index (χ4v) is 2.36. The summed E-state index contributed by atoms with van der Waals surface area (Å²) < 4.78 is 0. The second kappa shape index (κ2) is 4.31. The average Bonchev–Trinajstić information content (AvgIpc) is 2.39. The molecule has 0 atom stereocenters. The molecular weight excluding hydrogens is 236 g/mol. The van der Waals surface area contributed by atoms with Crippen molar-refractivity contribution in [3.63, 3.8) is 0 Å². The van der Waals surface area contributed by atoms with Gasteiger partial charge in [-0.2, -0.15) is 0 Å². The number of fused-ring (bicyclic) bond motifs is 1. The maximum atomic E-state index is 5.84. The number of aryl methyl sites for hydroxylation is 2. The van der Waals surface area contributed by atoms with Gasteiger partial charge in [-0.05, 0) is 43.2 Å². The zero-order valence-electron chi connectivity index (χ0n) is 10.9. The molecule has 2 aromatic heterocycles. The van der Waals surface area contributed by atoms with Gasteiger partial charge in [-0.15, -0.1) is 0 Å². The Morgan fingerprint density at radius 3 is 2.63 bits per heavy atom. The Kier molecular flexibility index (Phi) is 2.63. The third kappa shape index (κ3) is 1.91. The number of hydrogen-bond acceptors (Lipinski definition) is 4. The quantitative estimate of drug-likeness (QED) is 0.721. The number of hydrogen-bond donors (Lipinski definition) is 1. The van der Waals surface area contributed by atoms with Gasteiger partial charge in [-0.1, -0.05) is 6.07 Å². The van der Waals surface area contributed by atoms with Crippen LogP contribution in [0, 0.1) is 13.8 Å². The molecule has 0 aliphatic heterocycles. The summed E-state index contributed by atoms with van der Waals surface area (Å²) in [5.41, 5.74) is 11.2. The fourth-order valence-electron chi connectivity index (χ4n) is 2.36. The summed E-state index contributed by atoms with van der Waals surface area (Å²) in [4.78, 5) is 12.6. The normalized spacial score (nSPS) is 10.8. The van der Waals surface area contributed by atoms with Gasteiger partial charge in [0.1, 0.15) is 12.1 Å². The van der Waals surface area contributed by atoms with Crippen LogP contribution in [0.4, 0.5) is 5.82 Å². The molecule has 0 bridgehead atoms. The van der Waals surface area contributed by atoms with Gasteiger partial charge in [0.25, 0.3) is 0 Å². The molecule has 94 valence electrons.